The minimum Gasteiger partial charge on any atom is -0.450 e. The second-order valence-electron chi connectivity index (χ2n) is 14.8. The van der Waals surface area contributed by atoms with Crippen molar-refractivity contribution in [1.29, 1.82) is 0 Å². The molecule has 4 heterocycles. The Morgan fingerprint density at radius 1 is 0.443 bits per heavy atom. The van der Waals surface area contributed by atoms with Crippen molar-refractivity contribution in [2.24, 2.45) is 0 Å². The Balaban J connectivity index is 1.09. The summed E-state index contributed by atoms with van der Waals surface area (Å²) < 4.78 is 63.0. The monoisotopic (exact) mass is 830 g/mol. The average Bonchev–Trinajstić information content (AvgIpc) is 3.32. The number of aliphatic hydroxyl groups is 1. The maximum atomic E-state index is 13.9. The third-order valence-corrected chi connectivity index (χ3v) is 10.8. The van der Waals surface area contributed by atoms with Gasteiger partial charge in [0.05, 0.1) is 29.9 Å². The van der Waals surface area contributed by atoms with Crippen LogP contribution in [0.2, 0.25) is 0 Å². The van der Waals surface area contributed by atoms with Crippen LogP contribution in [0, 0.1) is 0 Å². The molecule has 4 aliphatic rings. The molecule has 61 heavy (non-hydrogen) atoms. The van der Waals surface area contributed by atoms with Crippen molar-refractivity contribution in [2.45, 2.75) is 74.0 Å². The molecule has 14 nitrogen and oxygen atoms in total. The Bertz CT molecular complexity index is 2230. The highest BCUT2D eigenvalue weighted by atomic mass is 16.8. The molecule has 4 fully saturated rings. The van der Waals surface area contributed by atoms with Crippen LogP contribution in [-0.2, 0) is 47.4 Å². The first-order valence-corrected chi connectivity index (χ1v) is 20.0. The van der Waals surface area contributed by atoms with Crippen molar-refractivity contribution in [3.05, 3.63) is 179 Å². The SMILES string of the molecule is O=C(O[C@H]1O[C@@H]2COC(c3ccccc3)O[C@H]2[C@H](O[C@@H]2O[C@@H]3COC(c4ccccc4)O[C@H]3[C@H](O)[C@H]2OC(=O)c2ccccc2)[C@H]1OC(=O)c1ccccc1)c1ccccc1. The van der Waals surface area contributed by atoms with Gasteiger partial charge in [-0.05, 0) is 36.4 Å². The number of fused-ring (bicyclic) bond motifs is 2. The molecular formula is C47H42O14. The van der Waals surface area contributed by atoms with E-state index in [2.05, 4.69) is 0 Å². The summed E-state index contributed by atoms with van der Waals surface area (Å²) >= 11 is 0. The lowest BCUT2D eigenvalue weighted by Crippen LogP contribution is -2.68. The predicted octanol–water partition coefficient (Wildman–Crippen LogP) is 5.72. The minimum absolute atomic E-state index is 0.0372. The van der Waals surface area contributed by atoms with Crippen LogP contribution in [0.3, 0.4) is 0 Å². The lowest BCUT2D eigenvalue weighted by atomic mass is 9.95. The fraction of sp³-hybridized carbons (Fsp3) is 0.298. The highest BCUT2D eigenvalue weighted by Gasteiger charge is 2.58. The molecule has 314 valence electrons. The van der Waals surface area contributed by atoms with Crippen LogP contribution in [0.1, 0.15) is 54.8 Å². The van der Waals surface area contributed by atoms with Gasteiger partial charge in [-0.3, -0.25) is 0 Å². The minimum atomic E-state index is -1.58. The lowest BCUT2D eigenvalue weighted by Gasteiger charge is -2.51. The molecule has 4 aliphatic heterocycles. The highest BCUT2D eigenvalue weighted by molar-refractivity contribution is 5.90. The first-order valence-electron chi connectivity index (χ1n) is 20.0. The Hall–Kier alpha value is -5.81. The zero-order valence-corrected chi connectivity index (χ0v) is 32.5. The van der Waals surface area contributed by atoms with E-state index in [1.807, 2.05) is 60.7 Å². The van der Waals surface area contributed by atoms with Crippen molar-refractivity contribution in [1.82, 2.24) is 0 Å². The van der Waals surface area contributed by atoms with E-state index in [1.165, 1.54) is 0 Å². The highest BCUT2D eigenvalue weighted by Crippen LogP contribution is 2.41. The standard InChI is InChI=1S/C47H42O14/c48-35-36-33(26-52-44(58-36)31-22-12-4-13-23-31)54-46(38(35)56-41(49)28-16-6-1-7-17-28)60-39-37-34(27-53-45(59-37)32-24-14-5-15-25-32)55-47(61-43(51)30-20-10-3-11-21-30)40(39)57-42(50)29-18-8-2-9-19-29/h1-25,33-40,44-48H,26-27H2/t33-,34-,35+,36-,37-,38-,39+,40-,44?,45?,46+,47-/m1/s1. The van der Waals surface area contributed by atoms with Gasteiger partial charge in [0, 0.05) is 11.1 Å². The number of ether oxygens (including phenoxy) is 10. The first-order chi connectivity index (χ1) is 29.9. The van der Waals surface area contributed by atoms with Crippen LogP contribution in [0.25, 0.3) is 0 Å². The normalized spacial score (nSPS) is 30.8. The van der Waals surface area contributed by atoms with Crippen LogP contribution in [0.4, 0.5) is 0 Å². The number of rotatable bonds is 10. The molecule has 0 bridgehead atoms. The second-order valence-corrected chi connectivity index (χ2v) is 14.8. The smallest absolute Gasteiger partial charge is 0.340 e. The number of hydrogen-bond acceptors (Lipinski definition) is 14. The zero-order valence-electron chi connectivity index (χ0n) is 32.5. The summed E-state index contributed by atoms with van der Waals surface area (Å²) in [4.78, 5) is 41.3. The molecule has 9 rings (SSSR count). The van der Waals surface area contributed by atoms with E-state index in [9.17, 15) is 19.5 Å². The Morgan fingerprint density at radius 2 is 0.836 bits per heavy atom. The van der Waals surface area contributed by atoms with Crippen molar-refractivity contribution in [3.63, 3.8) is 0 Å². The Kier molecular flexibility index (Phi) is 12.3. The van der Waals surface area contributed by atoms with Crippen molar-refractivity contribution < 1.29 is 66.9 Å². The predicted molar refractivity (Wildman–Crippen MR) is 211 cm³/mol. The van der Waals surface area contributed by atoms with Crippen LogP contribution in [0.15, 0.2) is 152 Å². The summed E-state index contributed by atoms with van der Waals surface area (Å²) in [6.45, 7) is -0.0961. The maximum Gasteiger partial charge on any atom is 0.340 e. The molecule has 5 aromatic rings. The summed E-state index contributed by atoms with van der Waals surface area (Å²) in [6, 6.07) is 43.1. The van der Waals surface area contributed by atoms with E-state index in [0.29, 0.717) is 11.1 Å². The molecule has 5 aromatic carbocycles. The van der Waals surface area contributed by atoms with Crippen molar-refractivity contribution >= 4 is 17.9 Å². The summed E-state index contributed by atoms with van der Waals surface area (Å²) in [6.07, 6.45) is -14.8. The molecule has 0 saturated carbocycles. The molecule has 1 N–H and O–H groups in total. The number of carbonyl (C=O) groups is 3. The van der Waals surface area contributed by atoms with Crippen molar-refractivity contribution in [2.75, 3.05) is 13.2 Å². The quantitative estimate of drug-likeness (QED) is 0.134. The average molecular weight is 831 g/mol. The van der Waals surface area contributed by atoms with Gasteiger partial charge in [0.2, 0.25) is 6.29 Å². The van der Waals surface area contributed by atoms with E-state index >= 15 is 0 Å². The number of hydrogen-bond donors (Lipinski definition) is 1. The van der Waals surface area contributed by atoms with Gasteiger partial charge in [-0.15, -0.1) is 0 Å². The van der Waals surface area contributed by atoms with Gasteiger partial charge in [-0.25, -0.2) is 14.4 Å². The van der Waals surface area contributed by atoms with Crippen LogP contribution < -0.4 is 0 Å². The third-order valence-electron chi connectivity index (χ3n) is 10.8. The summed E-state index contributed by atoms with van der Waals surface area (Å²) in [5.41, 5.74) is 2.00. The van der Waals surface area contributed by atoms with E-state index < -0.39 is 91.9 Å². The van der Waals surface area contributed by atoms with E-state index in [1.54, 1.807) is 91.0 Å². The molecular weight excluding hydrogens is 789 g/mol. The molecule has 0 amide bonds. The van der Waals surface area contributed by atoms with E-state index in [4.69, 9.17) is 47.4 Å². The number of benzene rings is 5. The number of esters is 3. The lowest BCUT2D eigenvalue weighted by molar-refractivity contribution is -0.400. The molecule has 0 aliphatic carbocycles. The fourth-order valence-corrected chi connectivity index (χ4v) is 7.72. The maximum absolute atomic E-state index is 13.9. The first kappa shape index (κ1) is 40.6. The molecule has 4 saturated heterocycles. The summed E-state index contributed by atoms with van der Waals surface area (Å²) in [5, 5.41) is 12.2. The number of carbonyl (C=O) groups excluding carboxylic acids is 3. The van der Waals surface area contributed by atoms with Crippen LogP contribution in [-0.4, -0.2) is 97.6 Å². The molecule has 0 spiro atoms. The topological polar surface area (TPSA) is 164 Å². The van der Waals surface area contributed by atoms with E-state index in [0.717, 1.165) is 0 Å². The summed E-state index contributed by atoms with van der Waals surface area (Å²) in [7, 11) is 0. The molecule has 2 unspecified atom stereocenters. The second kappa shape index (κ2) is 18.4. The largest absolute Gasteiger partial charge is 0.450 e. The Morgan fingerprint density at radius 3 is 1.33 bits per heavy atom. The van der Waals surface area contributed by atoms with Crippen LogP contribution >= 0.6 is 0 Å². The number of aliphatic hydroxyl groups excluding tert-OH is 1. The molecule has 12 atom stereocenters. The van der Waals surface area contributed by atoms with Crippen molar-refractivity contribution in [3.8, 4) is 0 Å². The van der Waals surface area contributed by atoms with E-state index in [-0.39, 0.29) is 29.9 Å². The van der Waals surface area contributed by atoms with Gasteiger partial charge in [-0.1, -0.05) is 115 Å². The van der Waals surface area contributed by atoms with Gasteiger partial charge in [-0.2, -0.15) is 0 Å². The molecule has 0 aromatic heterocycles. The summed E-state index contributed by atoms with van der Waals surface area (Å²) in [5.74, 6) is -2.33. The fourth-order valence-electron chi connectivity index (χ4n) is 7.72. The van der Waals surface area contributed by atoms with Gasteiger partial charge >= 0.3 is 17.9 Å². The van der Waals surface area contributed by atoms with Gasteiger partial charge in [0.15, 0.2) is 31.1 Å². The van der Waals surface area contributed by atoms with Gasteiger partial charge in [0.1, 0.15) is 36.6 Å². The molecule has 14 heteroatoms. The van der Waals surface area contributed by atoms with Gasteiger partial charge in [0.25, 0.3) is 0 Å². The third kappa shape index (κ3) is 8.98. The van der Waals surface area contributed by atoms with Gasteiger partial charge < -0.3 is 52.5 Å². The zero-order chi connectivity index (χ0) is 41.7. The van der Waals surface area contributed by atoms with Crippen LogP contribution in [0.5, 0.6) is 0 Å². The molecule has 0 radical (unpaired) electrons. The Labute approximate surface area is 350 Å².